The van der Waals surface area contributed by atoms with Crippen molar-refractivity contribution in [2.24, 2.45) is 0 Å². The molecule has 0 aliphatic rings. The largest absolute Gasteiger partial charge is 0.335 e. The summed E-state index contributed by atoms with van der Waals surface area (Å²) >= 11 is 3.39. The van der Waals surface area contributed by atoms with Crippen LogP contribution in [0.3, 0.4) is 0 Å². The standard InChI is InChI=1S/C14H10BrN3O2/c15-11-3-1-10-8-12(4-2-9(10)7-11)18-14(20)13(19)17-6-5-16/h1-4,7-8H,6H2,(H,17,19)(H,18,20). The molecule has 0 fully saturated rings. The van der Waals surface area contributed by atoms with Gasteiger partial charge in [-0.3, -0.25) is 9.59 Å². The molecule has 6 heteroatoms. The minimum absolute atomic E-state index is 0.196. The van der Waals surface area contributed by atoms with Gasteiger partial charge in [0.2, 0.25) is 0 Å². The molecule has 0 heterocycles. The number of amides is 2. The number of anilines is 1. The first-order chi connectivity index (χ1) is 9.60. The summed E-state index contributed by atoms with van der Waals surface area (Å²) < 4.78 is 0.970. The maximum Gasteiger partial charge on any atom is 0.313 e. The fourth-order valence-electron chi connectivity index (χ4n) is 1.68. The number of hydrogen-bond donors (Lipinski definition) is 2. The number of nitrogens with zero attached hydrogens (tertiary/aromatic N) is 1. The smallest absolute Gasteiger partial charge is 0.313 e. The second kappa shape index (κ2) is 6.17. The Labute approximate surface area is 123 Å². The Balaban J connectivity index is 2.14. The summed E-state index contributed by atoms with van der Waals surface area (Å²) in [7, 11) is 0. The van der Waals surface area contributed by atoms with E-state index < -0.39 is 11.8 Å². The number of nitrogens with one attached hydrogen (secondary N) is 2. The topological polar surface area (TPSA) is 82.0 Å². The molecular formula is C14H10BrN3O2. The highest BCUT2D eigenvalue weighted by molar-refractivity contribution is 9.10. The van der Waals surface area contributed by atoms with Gasteiger partial charge in [-0.05, 0) is 35.0 Å². The Morgan fingerprint density at radius 2 is 1.80 bits per heavy atom. The third-order valence-electron chi connectivity index (χ3n) is 2.59. The van der Waals surface area contributed by atoms with Crippen molar-refractivity contribution >= 4 is 44.2 Å². The van der Waals surface area contributed by atoms with E-state index in [0.717, 1.165) is 15.2 Å². The van der Waals surface area contributed by atoms with Gasteiger partial charge in [-0.1, -0.05) is 28.1 Å². The molecule has 0 aliphatic heterocycles. The molecular weight excluding hydrogens is 322 g/mol. The van der Waals surface area contributed by atoms with Gasteiger partial charge in [0.05, 0.1) is 6.07 Å². The van der Waals surface area contributed by atoms with Crippen molar-refractivity contribution < 1.29 is 9.59 Å². The SMILES string of the molecule is N#CCNC(=O)C(=O)Nc1ccc2cc(Br)ccc2c1. The molecule has 2 N–H and O–H groups in total. The van der Waals surface area contributed by atoms with E-state index in [-0.39, 0.29) is 6.54 Å². The van der Waals surface area contributed by atoms with Crippen LogP contribution in [-0.4, -0.2) is 18.4 Å². The van der Waals surface area contributed by atoms with Gasteiger partial charge in [-0.2, -0.15) is 5.26 Å². The molecule has 0 atom stereocenters. The lowest BCUT2D eigenvalue weighted by Crippen LogP contribution is -2.35. The number of rotatable bonds is 2. The summed E-state index contributed by atoms with van der Waals surface area (Å²) in [5.74, 6) is -1.63. The molecule has 20 heavy (non-hydrogen) atoms. The first-order valence-corrected chi connectivity index (χ1v) is 6.55. The molecule has 5 nitrogen and oxygen atoms in total. The van der Waals surface area contributed by atoms with Crippen LogP contribution in [0.5, 0.6) is 0 Å². The maximum absolute atomic E-state index is 11.6. The van der Waals surface area contributed by atoms with Gasteiger partial charge >= 0.3 is 11.8 Å². The lowest BCUT2D eigenvalue weighted by atomic mass is 10.1. The summed E-state index contributed by atoms with van der Waals surface area (Å²) in [5.41, 5.74) is 0.525. The molecule has 0 spiro atoms. The number of carbonyl (C=O) groups is 2. The minimum atomic E-state index is -0.831. The van der Waals surface area contributed by atoms with Crippen molar-refractivity contribution in [2.45, 2.75) is 0 Å². The van der Waals surface area contributed by atoms with Crippen LogP contribution in [0.2, 0.25) is 0 Å². The zero-order chi connectivity index (χ0) is 14.5. The van der Waals surface area contributed by atoms with E-state index >= 15 is 0 Å². The molecule has 100 valence electrons. The van der Waals surface area contributed by atoms with E-state index in [1.165, 1.54) is 0 Å². The number of benzene rings is 2. The lowest BCUT2D eigenvalue weighted by molar-refractivity contribution is -0.136. The molecule has 2 aromatic carbocycles. The summed E-state index contributed by atoms with van der Waals surface area (Å²) in [4.78, 5) is 22.9. The Kier molecular flexibility index (Phi) is 4.33. The van der Waals surface area contributed by atoms with E-state index in [4.69, 9.17) is 5.26 Å². The van der Waals surface area contributed by atoms with Crippen LogP contribution >= 0.6 is 15.9 Å². The van der Waals surface area contributed by atoms with Gasteiger partial charge < -0.3 is 10.6 Å². The van der Waals surface area contributed by atoms with E-state index in [9.17, 15) is 9.59 Å². The fourth-order valence-corrected chi connectivity index (χ4v) is 2.06. The Morgan fingerprint density at radius 1 is 1.10 bits per heavy atom. The monoisotopic (exact) mass is 331 g/mol. The van der Waals surface area contributed by atoms with Crippen LogP contribution in [-0.2, 0) is 9.59 Å². The van der Waals surface area contributed by atoms with Crippen molar-refractivity contribution in [1.29, 1.82) is 5.26 Å². The summed E-state index contributed by atoms with van der Waals surface area (Å²) in [5, 5.41) is 15.0. The summed E-state index contributed by atoms with van der Waals surface area (Å²) in [6, 6.07) is 12.8. The van der Waals surface area contributed by atoms with Crippen molar-refractivity contribution in [1.82, 2.24) is 5.32 Å². The van der Waals surface area contributed by atoms with Gasteiger partial charge in [0.15, 0.2) is 0 Å². The Morgan fingerprint density at radius 3 is 2.55 bits per heavy atom. The zero-order valence-electron chi connectivity index (χ0n) is 10.3. The number of hydrogen-bond acceptors (Lipinski definition) is 3. The number of carbonyl (C=O) groups excluding carboxylic acids is 2. The molecule has 0 unspecified atom stereocenters. The molecule has 0 aliphatic carbocycles. The summed E-state index contributed by atoms with van der Waals surface area (Å²) in [6.45, 7) is -0.196. The average molecular weight is 332 g/mol. The molecule has 2 rings (SSSR count). The van der Waals surface area contributed by atoms with Gasteiger partial charge in [0, 0.05) is 10.2 Å². The van der Waals surface area contributed by atoms with Crippen LogP contribution in [0.15, 0.2) is 40.9 Å². The van der Waals surface area contributed by atoms with Gasteiger partial charge in [0.1, 0.15) is 6.54 Å². The quantitative estimate of drug-likeness (QED) is 0.653. The second-order valence-electron chi connectivity index (χ2n) is 4.00. The molecule has 0 saturated heterocycles. The third kappa shape index (κ3) is 3.33. The minimum Gasteiger partial charge on any atom is -0.335 e. The molecule has 0 bridgehead atoms. The maximum atomic E-state index is 11.6. The number of nitriles is 1. The van der Waals surface area contributed by atoms with Crippen molar-refractivity contribution in [3.05, 3.63) is 40.9 Å². The predicted molar refractivity (Wildman–Crippen MR) is 78.9 cm³/mol. The van der Waals surface area contributed by atoms with Gasteiger partial charge in [-0.15, -0.1) is 0 Å². The first-order valence-electron chi connectivity index (χ1n) is 5.75. The van der Waals surface area contributed by atoms with E-state index in [2.05, 4.69) is 26.6 Å². The molecule has 0 saturated carbocycles. The van der Waals surface area contributed by atoms with Crippen molar-refractivity contribution in [3.63, 3.8) is 0 Å². The van der Waals surface area contributed by atoms with Crippen molar-refractivity contribution in [3.8, 4) is 6.07 Å². The van der Waals surface area contributed by atoms with E-state index in [1.807, 2.05) is 24.3 Å². The highest BCUT2D eigenvalue weighted by atomic mass is 79.9. The van der Waals surface area contributed by atoms with Crippen LogP contribution in [0.1, 0.15) is 0 Å². The van der Waals surface area contributed by atoms with E-state index in [1.54, 1.807) is 18.2 Å². The van der Waals surface area contributed by atoms with Gasteiger partial charge in [-0.25, -0.2) is 0 Å². The van der Waals surface area contributed by atoms with Gasteiger partial charge in [0.25, 0.3) is 0 Å². The molecule has 0 radical (unpaired) electrons. The normalized spacial score (nSPS) is 9.80. The molecule has 2 amide bonds. The second-order valence-corrected chi connectivity index (χ2v) is 4.92. The number of fused-ring (bicyclic) bond motifs is 1. The Bertz CT molecular complexity index is 722. The van der Waals surface area contributed by atoms with Crippen LogP contribution in [0, 0.1) is 11.3 Å². The predicted octanol–water partition coefficient (Wildman–Crippen LogP) is 2.18. The zero-order valence-corrected chi connectivity index (χ0v) is 11.9. The van der Waals surface area contributed by atoms with E-state index in [0.29, 0.717) is 5.69 Å². The van der Waals surface area contributed by atoms with Crippen molar-refractivity contribution in [2.75, 3.05) is 11.9 Å². The molecule has 2 aromatic rings. The van der Waals surface area contributed by atoms with Crippen LogP contribution in [0.25, 0.3) is 10.8 Å². The number of halogens is 1. The van der Waals surface area contributed by atoms with Crippen LogP contribution < -0.4 is 10.6 Å². The van der Waals surface area contributed by atoms with Crippen LogP contribution in [0.4, 0.5) is 5.69 Å². The average Bonchev–Trinajstić information content (AvgIpc) is 2.44. The Hall–Kier alpha value is -2.39. The highest BCUT2D eigenvalue weighted by Crippen LogP contribution is 2.22. The summed E-state index contributed by atoms with van der Waals surface area (Å²) in [6.07, 6.45) is 0. The lowest BCUT2D eigenvalue weighted by Gasteiger charge is -2.06. The first kappa shape index (κ1) is 14.0. The third-order valence-corrected chi connectivity index (χ3v) is 3.09. The molecule has 0 aromatic heterocycles. The highest BCUT2D eigenvalue weighted by Gasteiger charge is 2.12. The fraction of sp³-hybridized carbons (Fsp3) is 0.0714.